The maximum atomic E-state index is 11.8. The normalized spacial score (nSPS) is 13.2. The van der Waals surface area contributed by atoms with Crippen LogP contribution in [0.15, 0.2) is 70.8 Å². The van der Waals surface area contributed by atoms with Gasteiger partial charge in [0.25, 0.3) is 5.91 Å². The minimum absolute atomic E-state index is 0.0464. The lowest BCUT2D eigenvalue weighted by Gasteiger charge is -2.08. The van der Waals surface area contributed by atoms with Gasteiger partial charge in [0.2, 0.25) is 5.91 Å². The molecule has 0 fully saturated rings. The average molecular weight is 384 g/mol. The third-order valence-electron chi connectivity index (χ3n) is 3.94. The fourth-order valence-electron chi connectivity index (χ4n) is 2.43. The number of unbranched alkanes of at least 4 members (excludes halogenated alkanes) is 3. The number of hydroxylamine groups is 2. The predicted molar refractivity (Wildman–Crippen MR) is 104 cm³/mol. The SMILES string of the molecule is O=C(CCCCCCC(=O)Nc1ccccc1O)N=NC=C1C=CN(O)C=C1. The third-order valence-corrected chi connectivity index (χ3v) is 3.94. The minimum Gasteiger partial charge on any atom is -0.506 e. The second-order valence-corrected chi connectivity index (χ2v) is 6.23. The zero-order valence-corrected chi connectivity index (χ0v) is 15.5. The molecule has 3 N–H and O–H groups in total. The highest BCUT2D eigenvalue weighted by Gasteiger charge is 2.06. The van der Waals surface area contributed by atoms with Crippen LogP contribution in [0.2, 0.25) is 0 Å². The van der Waals surface area contributed by atoms with Crippen LogP contribution in [0.4, 0.5) is 5.69 Å². The first kappa shape index (κ1) is 21.0. The molecule has 0 spiro atoms. The van der Waals surface area contributed by atoms with Crippen molar-refractivity contribution in [2.24, 2.45) is 10.2 Å². The highest BCUT2D eigenvalue weighted by molar-refractivity contribution is 5.92. The number of carbonyl (C=O) groups excluding carboxylic acids is 2. The molecule has 0 saturated heterocycles. The molecule has 0 unspecified atom stereocenters. The Balaban J connectivity index is 1.54. The molecule has 1 aliphatic heterocycles. The van der Waals surface area contributed by atoms with Gasteiger partial charge >= 0.3 is 0 Å². The number of rotatable bonds is 9. The van der Waals surface area contributed by atoms with E-state index in [0.717, 1.165) is 23.5 Å². The molecule has 1 aromatic rings. The molecule has 8 nitrogen and oxygen atoms in total. The Bertz CT molecular complexity index is 783. The van der Waals surface area contributed by atoms with Crippen LogP contribution in [0.5, 0.6) is 5.75 Å². The number of hydrogen-bond acceptors (Lipinski definition) is 6. The number of anilines is 1. The van der Waals surface area contributed by atoms with Gasteiger partial charge in [-0.2, -0.15) is 5.11 Å². The lowest BCUT2D eigenvalue weighted by Crippen LogP contribution is -2.11. The van der Waals surface area contributed by atoms with Gasteiger partial charge < -0.3 is 10.4 Å². The zero-order valence-electron chi connectivity index (χ0n) is 15.5. The topological polar surface area (TPSA) is 115 Å². The minimum atomic E-state index is -0.290. The van der Waals surface area contributed by atoms with Gasteiger partial charge in [-0.3, -0.25) is 14.8 Å². The van der Waals surface area contributed by atoms with Crippen LogP contribution >= 0.6 is 0 Å². The summed E-state index contributed by atoms with van der Waals surface area (Å²) in [7, 11) is 0. The van der Waals surface area contributed by atoms with Crippen LogP contribution in [-0.2, 0) is 9.59 Å². The number of amides is 2. The molecule has 2 amide bonds. The zero-order chi connectivity index (χ0) is 20.2. The van der Waals surface area contributed by atoms with Gasteiger partial charge in [-0.15, -0.1) is 5.11 Å². The molecule has 0 bridgehead atoms. The van der Waals surface area contributed by atoms with E-state index in [1.165, 1.54) is 24.7 Å². The average Bonchev–Trinajstić information content (AvgIpc) is 2.68. The molecule has 1 aliphatic rings. The first-order valence-electron chi connectivity index (χ1n) is 9.10. The number of nitrogens with one attached hydrogen (secondary N) is 1. The van der Waals surface area contributed by atoms with Crippen LogP contribution in [-0.4, -0.2) is 27.2 Å². The summed E-state index contributed by atoms with van der Waals surface area (Å²) in [6.45, 7) is 0. The number of nitrogens with zero attached hydrogens (tertiary/aromatic N) is 3. The van der Waals surface area contributed by atoms with E-state index in [4.69, 9.17) is 5.21 Å². The maximum absolute atomic E-state index is 11.8. The van der Waals surface area contributed by atoms with Crippen molar-refractivity contribution >= 4 is 17.5 Å². The largest absolute Gasteiger partial charge is 0.506 e. The Morgan fingerprint density at radius 3 is 2.43 bits per heavy atom. The van der Waals surface area contributed by atoms with E-state index >= 15 is 0 Å². The number of azo groups is 1. The number of phenolic OH excluding ortho intramolecular Hbond substituents is 1. The highest BCUT2D eigenvalue weighted by Crippen LogP contribution is 2.21. The molecule has 0 aliphatic carbocycles. The smallest absolute Gasteiger partial charge is 0.264 e. The second-order valence-electron chi connectivity index (χ2n) is 6.23. The summed E-state index contributed by atoms with van der Waals surface area (Å²) in [6, 6.07) is 6.60. The second kappa shape index (κ2) is 11.5. The van der Waals surface area contributed by atoms with Crippen molar-refractivity contribution < 1.29 is 19.9 Å². The van der Waals surface area contributed by atoms with Crippen molar-refractivity contribution in [3.8, 4) is 5.75 Å². The summed E-state index contributed by atoms with van der Waals surface area (Å²) < 4.78 is 0. The van der Waals surface area contributed by atoms with E-state index in [0.29, 0.717) is 31.4 Å². The molecule has 2 rings (SSSR count). The molecule has 0 atom stereocenters. The molecule has 0 aromatic heterocycles. The summed E-state index contributed by atoms with van der Waals surface area (Å²) in [5, 5.41) is 29.7. The Morgan fingerprint density at radius 2 is 1.71 bits per heavy atom. The van der Waals surface area contributed by atoms with E-state index in [1.807, 2.05) is 0 Å². The summed E-state index contributed by atoms with van der Waals surface area (Å²) in [5.41, 5.74) is 1.13. The van der Waals surface area contributed by atoms with Crippen molar-refractivity contribution in [1.29, 1.82) is 0 Å². The first-order valence-corrected chi connectivity index (χ1v) is 9.10. The highest BCUT2D eigenvalue weighted by atomic mass is 16.5. The lowest BCUT2D eigenvalue weighted by molar-refractivity contribution is -0.118. The fraction of sp³-hybridized carbons (Fsp3) is 0.300. The molecule has 0 radical (unpaired) electrons. The Morgan fingerprint density at radius 1 is 1.04 bits per heavy atom. The molecular formula is C20H24N4O4. The molecule has 148 valence electrons. The Kier molecular flexibility index (Phi) is 8.61. The van der Waals surface area contributed by atoms with Crippen LogP contribution in [0, 0.1) is 0 Å². The van der Waals surface area contributed by atoms with Crippen LogP contribution in [0.25, 0.3) is 0 Å². The van der Waals surface area contributed by atoms with Crippen LogP contribution < -0.4 is 5.32 Å². The molecule has 1 heterocycles. The number of carbonyl (C=O) groups is 2. The van der Waals surface area contributed by atoms with Gasteiger partial charge in [0.1, 0.15) is 5.75 Å². The molecular weight excluding hydrogens is 360 g/mol. The monoisotopic (exact) mass is 384 g/mol. The van der Waals surface area contributed by atoms with Gasteiger partial charge in [0.15, 0.2) is 0 Å². The van der Waals surface area contributed by atoms with Gasteiger partial charge in [-0.05, 0) is 42.7 Å². The van der Waals surface area contributed by atoms with Crippen molar-refractivity contribution in [1.82, 2.24) is 5.06 Å². The van der Waals surface area contributed by atoms with Crippen molar-refractivity contribution in [2.75, 3.05) is 5.32 Å². The van der Waals surface area contributed by atoms with E-state index in [2.05, 4.69) is 15.5 Å². The molecule has 0 saturated carbocycles. The van der Waals surface area contributed by atoms with Gasteiger partial charge in [-0.1, -0.05) is 25.0 Å². The molecule has 28 heavy (non-hydrogen) atoms. The number of hydrogen-bond donors (Lipinski definition) is 3. The Labute approximate surface area is 163 Å². The molecule has 8 heteroatoms. The van der Waals surface area contributed by atoms with Crippen molar-refractivity contribution in [2.45, 2.75) is 38.5 Å². The first-order chi connectivity index (χ1) is 13.5. The number of aromatic hydroxyl groups is 1. The number of allylic oxidation sites excluding steroid dienone is 3. The lowest BCUT2D eigenvalue weighted by atomic mass is 10.1. The van der Waals surface area contributed by atoms with Crippen LogP contribution in [0.3, 0.4) is 0 Å². The maximum Gasteiger partial charge on any atom is 0.264 e. The number of benzene rings is 1. The standard InChI is InChI=1S/C20H24N4O4/c25-18-8-6-5-7-17(18)22-19(26)9-3-1-2-4-10-20(27)23-21-15-16-11-13-24(28)14-12-16/h5-8,11-15,25,28H,1-4,9-10H2,(H,22,26). The number of phenols is 1. The summed E-state index contributed by atoms with van der Waals surface area (Å²) in [6.07, 6.45) is 11.3. The van der Waals surface area contributed by atoms with Crippen LogP contribution in [0.1, 0.15) is 38.5 Å². The number of para-hydroxylation sites is 2. The van der Waals surface area contributed by atoms with Crippen molar-refractivity contribution in [3.05, 3.63) is 60.6 Å². The van der Waals surface area contributed by atoms with Gasteiger partial charge in [-0.25, -0.2) is 5.06 Å². The Hall–Kier alpha value is -3.26. The molecule has 1 aromatic carbocycles. The van der Waals surface area contributed by atoms with E-state index in [9.17, 15) is 14.7 Å². The van der Waals surface area contributed by atoms with E-state index in [1.54, 1.807) is 30.4 Å². The fourth-order valence-corrected chi connectivity index (χ4v) is 2.43. The third kappa shape index (κ3) is 7.96. The van der Waals surface area contributed by atoms with Gasteiger partial charge in [0, 0.05) is 25.2 Å². The van der Waals surface area contributed by atoms with Crippen molar-refractivity contribution in [3.63, 3.8) is 0 Å². The van der Waals surface area contributed by atoms with Gasteiger partial charge in [0.05, 0.1) is 11.9 Å². The predicted octanol–water partition coefficient (Wildman–Crippen LogP) is 4.27. The quantitative estimate of drug-likeness (QED) is 0.334. The summed E-state index contributed by atoms with van der Waals surface area (Å²) in [4.78, 5) is 23.5. The summed E-state index contributed by atoms with van der Waals surface area (Å²) in [5.74, 6) is -0.388. The van der Waals surface area contributed by atoms with E-state index in [-0.39, 0.29) is 17.6 Å². The summed E-state index contributed by atoms with van der Waals surface area (Å²) >= 11 is 0. The van der Waals surface area contributed by atoms with E-state index < -0.39 is 0 Å².